The van der Waals surface area contributed by atoms with Crippen LogP contribution < -0.4 is 0 Å². The maximum absolute atomic E-state index is 11.0. The van der Waals surface area contributed by atoms with Gasteiger partial charge in [0.2, 0.25) is 6.29 Å². The highest BCUT2D eigenvalue weighted by molar-refractivity contribution is 5.84. The lowest BCUT2D eigenvalue weighted by atomic mass is 9.75. The average molecular weight is 238 g/mol. The van der Waals surface area contributed by atoms with E-state index in [2.05, 4.69) is 20.8 Å². The molecule has 0 unspecified atom stereocenters. The van der Waals surface area contributed by atoms with E-state index < -0.39 is 6.29 Å². The summed E-state index contributed by atoms with van der Waals surface area (Å²) >= 11 is 0. The summed E-state index contributed by atoms with van der Waals surface area (Å²) in [6.45, 7) is 6.80. The van der Waals surface area contributed by atoms with Crippen molar-refractivity contribution < 1.29 is 14.3 Å². The van der Waals surface area contributed by atoms with Crippen LogP contribution in [0.15, 0.2) is 12.2 Å². The minimum atomic E-state index is -0.456. The first-order chi connectivity index (χ1) is 8.06. The number of carbonyl (C=O) groups is 1. The summed E-state index contributed by atoms with van der Waals surface area (Å²) in [4.78, 5) is 11.0. The Morgan fingerprint density at radius 3 is 2.76 bits per heavy atom. The van der Waals surface area contributed by atoms with Crippen LogP contribution in [0.1, 0.15) is 40.0 Å². The van der Waals surface area contributed by atoms with Gasteiger partial charge in [-0.15, -0.1) is 0 Å². The van der Waals surface area contributed by atoms with E-state index in [9.17, 15) is 4.79 Å². The molecule has 0 spiro atoms. The van der Waals surface area contributed by atoms with Gasteiger partial charge in [-0.05, 0) is 43.1 Å². The minimum absolute atomic E-state index is 0.228. The Morgan fingerprint density at radius 2 is 2.18 bits per heavy atom. The Hall–Kier alpha value is -0.830. The van der Waals surface area contributed by atoms with Gasteiger partial charge in [0.15, 0.2) is 0 Å². The first-order valence-electron chi connectivity index (χ1n) is 6.60. The van der Waals surface area contributed by atoms with Crippen molar-refractivity contribution in [1.82, 2.24) is 0 Å². The van der Waals surface area contributed by atoms with E-state index in [-0.39, 0.29) is 12.1 Å². The monoisotopic (exact) mass is 238 g/mol. The van der Waals surface area contributed by atoms with Crippen molar-refractivity contribution >= 4 is 5.97 Å². The molecule has 0 aromatic carbocycles. The van der Waals surface area contributed by atoms with Gasteiger partial charge in [0, 0.05) is 6.08 Å². The lowest BCUT2D eigenvalue weighted by Crippen LogP contribution is -2.36. The second-order valence-electron chi connectivity index (χ2n) is 5.67. The van der Waals surface area contributed by atoms with Crippen LogP contribution in [0.4, 0.5) is 0 Å². The maximum atomic E-state index is 11.0. The van der Waals surface area contributed by atoms with Crippen LogP contribution in [0.25, 0.3) is 0 Å². The summed E-state index contributed by atoms with van der Waals surface area (Å²) in [5, 5.41) is 0. The van der Waals surface area contributed by atoms with Crippen LogP contribution in [0.2, 0.25) is 0 Å². The van der Waals surface area contributed by atoms with Crippen molar-refractivity contribution in [2.24, 2.45) is 17.8 Å². The lowest BCUT2D eigenvalue weighted by Gasteiger charge is -2.37. The molecule has 1 fully saturated rings. The van der Waals surface area contributed by atoms with Gasteiger partial charge in [-0.3, -0.25) is 0 Å². The predicted molar refractivity (Wildman–Crippen MR) is 65.2 cm³/mol. The van der Waals surface area contributed by atoms with Crippen LogP contribution in [-0.2, 0) is 14.3 Å². The summed E-state index contributed by atoms with van der Waals surface area (Å²) in [6, 6.07) is 0. The van der Waals surface area contributed by atoms with Gasteiger partial charge in [-0.1, -0.05) is 20.8 Å². The normalized spacial score (nSPS) is 37.5. The van der Waals surface area contributed by atoms with Crippen molar-refractivity contribution in [3.05, 3.63) is 12.2 Å². The minimum Gasteiger partial charge on any atom is -0.429 e. The van der Waals surface area contributed by atoms with Crippen LogP contribution in [-0.4, -0.2) is 18.4 Å². The molecule has 0 bridgehead atoms. The van der Waals surface area contributed by atoms with Gasteiger partial charge in [0.25, 0.3) is 0 Å². The van der Waals surface area contributed by atoms with Gasteiger partial charge in [0.1, 0.15) is 0 Å². The van der Waals surface area contributed by atoms with E-state index >= 15 is 0 Å². The second kappa shape index (κ2) is 5.21. The summed E-state index contributed by atoms with van der Waals surface area (Å²) < 4.78 is 11.0. The fraction of sp³-hybridized carbons (Fsp3) is 0.786. The fourth-order valence-corrected chi connectivity index (χ4v) is 2.86. The van der Waals surface area contributed by atoms with E-state index in [0.717, 1.165) is 12.3 Å². The highest BCUT2D eigenvalue weighted by atomic mass is 16.7. The Morgan fingerprint density at radius 1 is 1.41 bits per heavy atom. The zero-order chi connectivity index (χ0) is 12.4. The van der Waals surface area contributed by atoms with Gasteiger partial charge in [-0.25, -0.2) is 4.79 Å². The molecule has 1 aliphatic heterocycles. The smallest absolute Gasteiger partial charge is 0.333 e. The zero-order valence-electron chi connectivity index (χ0n) is 10.9. The number of ether oxygens (including phenoxy) is 2. The maximum Gasteiger partial charge on any atom is 0.333 e. The third kappa shape index (κ3) is 3.09. The number of rotatable bonds is 3. The molecule has 0 radical (unpaired) electrons. The highest BCUT2D eigenvalue weighted by Crippen LogP contribution is 2.36. The van der Waals surface area contributed by atoms with E-state index in [0.29, 0.717) is 11.8 Å². The number of carbonyl (C=O) groups excluding carboxylic acids is 1. The standard InChI is InChI=1S/C14H22O3/c1-9(2)11-8-10(3)4-5-12(11)16-14-7-6-13(15)17-14/h6-7,9-12,14H,4-5,8H2,1-3H3/t10-,11-,12-,14+/m0/s1. The summed E-state index contributed by atoms with van der Waals surface area (Å²) in [7, 11) is 0. The van der Waals surface area contributed by atoms with Crippen molar-refractivity contribution in [2.75, 3.05) is 0 Å². The fourth-order valence-electron chi connectivity index (χ4n) is 2.86. The molecule has 1 saturated carbocycles. The van der Waals surface area contributed by atoms with Crippen LogP contribution in [0, 0.1) is 17.8 Å². The van der Waals surface area contributed by atoms with E-state index in [4.69, 9.17) is 9.47 Å². The summed E-state index contributed by atoms with van der Waals surface area (Å²) in [5.41, 5.74) is 0. The predicted octanol–water partition coefficient (Wildman–Crippen LogP) is 2.90. The molecule has 3 nitrogen and oxygen atoms in total. The van der Waals surface area contributed by atoms with Crippen molar-refractivity contribution in [3.63, 3.8) is 0 Å². The molecule has 0 N–H and O–H groups in total. The molecule has 0 aromatic rings. The Kier molecular flexibility index (Phi) is 3.87. The zero-order valence-corrected chi connectivity index (χ0v) is 10.9. The molecule has 0 saturated heterocycles. The van der Waals surface area contributed by atoms with Crippen molar-refractivity contribution in [1.29, 1.82) is 0 Å². The third-order valence-electron chi connectivity index (χ3n) is 3.88. The van der Waals surface area contributed by atoms with Crippen molar-refractivity contribution in [3.8, 4) is 0 Å². The van der Waals surface area contributed by atoms with E-state index in [1.54, 1.807) is 6.08 Å². The van der Waals surface area contributed by atoms with Crippen molar-refractivity contribution in [2.45, 2.75) is 52.4 Å². The first-order valence-corrected chi connectivity index (χ1v) is 6.60. The van der Waals surface area contributed by atoms with E-state index in [1.165, 1.54) is 18.9 Å². The summed E-state index contributed by atoms with van der Waals surface area (Å²) in [6.07, 6.45) is 6.42. The molecule has 0 amide bonds. The van der Waals surface area contributed by atoms with Crippen LogP contribution >= 0.6 is 0 Å². The highest BCUT2D eigenvalue weighted by Gasteiger charge is 2.34. The number of esters is 1. The summed E-state index contributed by atoms with van der Waals surface area (Å²) in [5.74, 6) is 1.68. The third-order valence-corrected chi connectivity index (χ3v) is 3.88. The van der Waals surface area contributed by atoms with Gasteiger partial charge >= 0.3 is 5.97 Å². The Balaban J connectivity index is 1.94. The molecular weight excluding hydrogens is 216 g/mol. The molecule has 96 valence electrons. The average Bonchev–Trinajstić information content (AvgIpc) is 2.66. The van der Waals surface area contributed by atoms with Gasteiger partial charge in [-0.2, -0.15) is 0 Å². The van der Waals surface area contributed by atoms with E-state index in [1.807, 2.05) is 0 Å². The largest absolute Gasteiger partial charge is 0.429 e. The number of hydrogen-bond donors (Lipinski definition) is 0. The molecular formula is C14H22O3. The number of hydrogen-bond acceptors (Lipinski definition) is 3. The Labute approximate surface area is 103 Å². The first kappa shape index (κ1) is 12.6. The second-order valence-corrected chi connectivity index (χ2v) is 5.67. The SMILES string of the molecule is CC(C)[C@@H]1C[C@@H](C)CC[C@@H]1O[C@H]1C=CC(=O)O1. The van der Waals surface area contributed by atoms with Gasteiger partial charge < -0.3 is 9.47 Å². The van der Waals surface area contributed by atoms with Crippen LogP contribution in [0.5, 0.6) is 0 Å². The molecule has 17 heavy (non-hydrogen) atoms. The topological polar surface area (TPSA) is 35.5 Å². The molecule has 3 heteroatoms. The molecule has 4 atom stereocenters. The Bertz CT molecular complexity index is 309. The number of cyclic esters (lactones) is 1. The quantitative estimate of drug-likeness (QED) is 0.709. The van der Waals surface area contributed by atoms with Crippen LogP contribution in [0.3, 0.4) is 0 Å². The molecule has 1 heterocycles. The molecule has 2 aliphatic rings. The molecule has 1 aliphatic carbocycles. The lowest BCUT2D eigenvalue weighted by molar-refractivity contribution is -0.177. The molecule has 2 rings (SSSR count). The van der Waals surface area contributed by atoms with Gasteiger partial charge in [0.05, 0.1) is 6.10 Å². The molecule has 0 aromatic heterocycles.